The van der Waals surface area contributed by atoms with Crippen LogP contribution in [0.15, 0.2) is 24.3 Å². The number of aryl methyl sites for hydroxylation is 1. The zero-order chi connectivity index (χ0) is 19.7. The predicted octanol–water partition coefficient (Wildman–Crippen LogP) is 2.75. The number of carbonyl (C=O) groups excluding carboxylic acids is 2. The molecule has 6 nitrogen and oxygen atoms in total. The van der Waals surface area contributed by atoms with Crippen LogP contribution in [0.4, 0.5) is 0 Å². The fourth-order valence-electron chi connectivity index (χ4n) is 4.26. The molecule has 1 aliphatic carbocycles. The van der Waals surface area contributed by atoms with E-state index < -0.39 is 0 Å². The summed E-state index contributed by atoms with van der Waals surface area (Å²) in [5.74, 6) is -0.0574. The van der Waals surface area contributed by atoms with Crippen molar-refractivity contribution in [3.05, 3.63) is 46.8 Å². The number of rotatable bonds is 4. The van der Waals surface area contributed by atoms with Gasteiger partial charge in [0.1, 0.15) is 6.54 Å². The van der Waals surface area contributed by atoms with Crippen LogP contribution < -0.4 is 0 Å². The molecular weight excluding hydrogens is 352 g/mol. The number of aromatic nitrogens is 2. The van der Waals surface area contributed by atoms with Crippen molar-refractivity contribution in [3.8, 4) is 5.69 Å². The highest BCUT2D eigenvalue weighted by molar-refractivity contribution is 5.96. The maximum Gasteiger partial charge on any atom is 0.275 e. The molecule has 0 unspecified atom stereocenters. The van der Waals surface area contributed by atoms with Gasteiger partial charge in [-0.15, -0.1) is 0 Å². The first-order chi connectivity index (χ1) is 13.6. The van der Waals surface area contributed by atoms with Gasteiger partial charge in [-0.3, -0.25) is 9.59 Å². The molecule has 0 N–H and O–H groups in total. The van der Waals surface area contributed by atoms with E-state index in [2.05, 4.69) is 26.0 Å². The van der Waals surface area contributed by atoms with E-state index in [1.165, 1.54) is 5.56 Å². The molecule has 1 saturated heterocycles. The van der Waals surface area contributed by atoms with Crippen LogP contribution in [0.5, 0.6) is 0 Å². The van der Waals surface area contributed by atoms with Gasteiger partial charge in [-0.1, -0.05) is 24.6 Å². The second kappa shape index (κ2) is 7.78. The van der Waals surface area contributed by atoms with Crippen molar-refractivity contribution in [2.75, 3.05) is 26.2 Å². The second-order valence-electron chi connectivity index (χ2n) is 7.84. The zero-order valence-corrected chi connectivity index (χ0v) is 16.8. The largest absolute Gasteiger partial charge is 0.341 e. The number of benzene rings is 1. The number of fused-ring (bicyclic) bond motifs is 1. The fourth-order valence-corrected chi connectivity index (χ4v) is 4.26. The minimum atomic E-state index is -0.101. The average Bonchev–Trinajstić information content (AvgIpc) is 3.24. The molecule has 0 bridgehead atoms. The van der Waals surface area contributed by atoms with E-state index in [1.54, 1.807) is 4.90 Å². The summed E-state index contributed by atoms with van der Waals surface area (Å²) in [6.07, 6.45) is 4.62. The van der Waals surface area contributed by atoms with Gasteiger partial charge in [-0.25, -0.2) is 4.68 Å². The van der Waals surface area contributed by atoms with Crippen LogP contribution in [0.1, 0.15) is 53.5 Å². The molecule has 0 atom stereocenters. The van der Waals surface area contributed by atoms with Crippen molar-refractivity contribution in [2.24, 2.45) is 0 Å². The second-order valence-corrected chi connectivity index (χ2v) is 7.84. The van der Waals surface area contributed by atoms with Crippen LogP contribution in [-0.2, 0) is 17.6 Å². The molecule has 0 spiro atoms. The molecule has 1 aliphatic heterocycles. The van der Waals surface area contributed by atoms with Crippen LogP contribution in [0, 0.1) is 6.92 Å². The third-order valence-electron chi connectivity index (χ3n) is 5.73. The third kappa shape index (κ3) is 3.43. The minimum absolute atomic E-state index is 0.0438. The lowest BCUT2D eigenvalue weighted by Crippen LogP contribution is -2.40. The highest BCUT2D eigenvalue weighted by atomic mass is 16.2. The van der Waals surface area contributed by atoms with Crippen LogP contribution in [-0.4, -0.2) is 57.6 Å². The highest BCUT2D eigenvalue weighted by Crippen LogP contribution is 2.29. The Morgan fingerprint density at radius 3 is 2.64 bits per heavy atom. The normalized spacial score (nSPS) is 17.0. The van der Waals surface area contributed by atoms with E-state index in [0.29, 0.717) is 12.2 Å². The summed E-state index contributed by atoms with van der Waals surface area (Å²) in [7, 11) is 0. The van der Waals surface area contributed by atoms with Crippen LogP contribution in [0.25, 0.3) is 5.69 Å². The number of hydrogen-bond acceptors (Lipinski definition) is 3. The van der Waals surface area contributed by atoms with E-state index in [1.807, 2.05) is 21.7 Å². The van der Waals surface area contributed by atoms with Crippen molar-refractivity contribution in [1.29, 1.82) is 0 Å². The topological polar surface area (TPSA) is 58.4 Å². The molecule has 2 amide bonds. The van der Waals surface area contributed by atoms with Gasteiger partial charge in [0, 0.05) is 30.9 Å². The monoisotopic (exact) mass is 380 g/mol. The Morgan fingerprint density at radius 1 is 1.11 bits per heavy atom. The SMILES string of the molecule is CCCN1CCCN(C(=O)c2nn(-c3ccc(C)cc3)c3c2CCC3)CC1=O. The fraction of sp³-hybridized carbons (Fsp3) is 0.500. The number of carbonyl (C=O) groups is 2. The summed E-state index contributed by atoms with van der Waals surface area (Å²) in [5, 5.41) is 4.72. The van der Waals surface area contributed by atoms with Gasteiger partial charge in [0.05, 0.1) is 5.69 Å². The molecule has 0 saturated carbocycles. The predicted molar refractivity (Wildman–Crippen MR) is 108 cm³/mol. The van der Waals surface area contributed by atoms with Gasteiger partial charge in [-0.05, 0) is 51.2 Å². The Bertz CT molecular complexity index is 885. The summed E-state index contributed by atoms with van der Waals surface area (Å²) < 4.78 is 1.93. The molecule has 2 aromatic rings. The highest BCUT2D eigenvalue weighted by Gasteiger charge is 2.32. The van der Waals surface area contributed by atoms with E-state index in [4.69, 9.17) is 5.10 Å². The van der Waals surface area contributed by atoms with E-state index in [-0.39, 0.29) is 18.4 Å². The molecule has 6 heteroatoms. The number of hydrogen-bond donors (Lipinski definition) is 0. The van der Waals surface area contributed by atoms with Gasteiger partial charge in [-0.2, -0.15) is 5.10 Å². The lowest BCUT2D eigenvalue weighted by molar-refractivity contribution is -0.130. The standard InChI is InChI=1S/C22H28N4O2/c1-3-12-24-13-5-14-25(15-20(24)27)22(28)21-18-6-4-7-19(18)26(23-21)17-10-8-16(2)9-11-17/h8-11H,3-7,12-15H2,1-2H3. The average molecular weight is 380 g/mol. The molecule has 1 aromatic heterocycles. The molecule has 1 aromatic carbocycles. The quantitative estimate of drug-likeness (QED) is 0.820. The maximum absolute atomic E-state index is 13.3. The third-order valence-corrected chi connectivity index (χ3v) is 5.73. The molecule has 148 valence electrons. The summed E-state index contributed by atoms with van der Waals surface area (Å²) in [6, 6.07) is 8.23. The van der Waals surface area contributed by atoms with Crippen molar-refractivity contribution >= 4 is 11.8 Å². The molecule has 2 aliphatic rings. The summed E-state index contributed by atoms with van der Waals surface area (Å²) in [4.78, 5) is 29.4. The minimum Gasteiger partial charge on any atom is -0.341 e. The van der Waals surface area contributed by atoms with Crippen molar-refractivity contribution < 1.29 is 9.59 Å². The molecule has 4 rings (SSSR count). The smallest absolute Gasteiger partial charge is 0.275 e. The Labute approximate surface area is 166 Å². The number of amides is 2. The molecule has 28 heavy (non-hydrogen) atoms. The van der Waals surface area contributed by atoms with Crippen LogP contribution >= 0.6 is 0 Å². The lowest BCUT2D eigenvalue weighted by atomic mass is 10.1. The van der Waals surface area contributed by atoms with E-state index in [0.717, 1.165) is 62.1 Å². The molecule has 1 fully saturated rings. The summed E-state index contributed by atoms with van der Waals surface area (Å²) in [6.45, 7) is 6.39. The van der Waals surface area contributed by atoms with E-state index >= 15 is 0 Å². The van der Waals surface area contributed by atoms with Gasteiger partial charge in [0.15, 0.2) is 5.69 Å². The summed E-state index contributed by atoms with van der Waals surface area (Å²) >= 11 is 0. The summed E-state index contributed by atoms with van der Waals surface area (Å²) in [5.41, 5.74) is 4.92. The van der Waals surface area contributed by atoms with Crippen molar-refractivity contribution in [2.45, 2.75) is 46.0 Å². The maximum atomic E-state index is 13.3. The Balaban J connectivity index is 1.62. The van der Waals surface area contributed by atoms with Gasteiger partial charge >= 0.3 is 0 Å². The van der Waals surface area contributed by atoms with Gasteiger partial charge in [0.25, 0.3) is 5.91 Å². The van der Waals surface area contributed by atoms with Crippen LogP contribution in [0.2, 0.25) is 0 Å². The van der Waals surface area contributed by atoms with E-state index in [9.17, 15) is 9.59 Å². The molecular formula is C22H28N4O2. The first-order valence-electron chi connectivity index (χ1n) is 10.3. The van der Waals surface area contributed by atoms with Gasteiger partial charge < -0.3 is 9.80 Å². The zero-order valence-electron chi connectivity index (χ0n) is 16.8. The first kappa shape index (κ1) is 18.7. The van der Waals surface area contributed by atoms with Crippen LogP contribution in [0.3, 0.4) is 0 Å². The van der Waals surface area contributed by atoms with Gasteiger partial charge in [0.2, 0.25) is 5.91 Å². The number of nitrogens with zero attached hydrogens (tertiary/aromatic N) is 4. The van der Waals surface area contributed by atoms with Crippen molar-refractivity contribution in [3.63, 3.8) is 0 Å². The first-order valence-corrected chi connectivity index (χ1v) is 10.3. The Hall–Kier alpha value is -2.63. The van der Waals surface area contributed by atoms with Crippen molar-refractivity contribution in [1.82, 2.24) is 19.6 Å². The molecule has 2 heterocycles. The lowest BCUT2D eigenvalue weighted by Gasteiger charge is -2.21. The Kier molecular flexibility index (Phi) is 5.20. The molecule has 0 radical (unpaired) electrons. The Morgan fingerprint density at radius 2 is 1.89 bits per heavy atom.